The zero-order chi connectivity index (χ0) is 29.9. The van der Waals surface area contributed by atoms with Crippen molar-refractivity contribution in [1.82, 2.24) is 9.97 Å². The van der Waals surface area contributed by atoms with E-state index in [2.05, 4.69) is 39.5 Å². The lowest BCUT2D eigenvalue weighted by Crippen LogP contribution is -2.31. The fourth-order valence-corrected chi connectivity index (χ4v) is 7.30. The van der Waals surface area contributed by atoms with Gasteiger partial charge in [0.15, 0.2) is 27.5 Å². The number of nitrogens with zero attached hydrogens (tertiary/aromatic N) is 3. The SMILES string of the molecule is CC(C)c1ccc(OCCCc2sc(N3CCc4cccc(CNc5nc6ccccc6s5)c4C3)nc2C(=O)O)c(F)c1. The van der Waals surface area contributed by atoms with Crippen LogP contribution in [0.15, 0.2) is 60.7 Å². The van der Waals surface area contributed by atoms with E-state index in [0.29, 0.717) is 35.9 Å². The number of hydrogen-bond donors (Lipinski definition) is 2. The third-order valence-electron chi connectivity index (χ3n) is 7.68. The number of carbonyl (C=O) groups is 1. The molecule has 0 spiro atoms. The highest BCUT2D eigenvalue weighted by Gasteiger charge is 2.25. The number of ether oxygens (including phenoxy) is 1. The Balaban J connectivity index is 1.11. The number of rotatable bonds is 11. The molecule has 222 valence electrons. The van der Waals surface area contributed by atoms with Gasteiger partial charge < -0.3 is 20.1 Å². The number of aromatic carboxylic acids is 1. The molecule has 3 aromatic carbocycles. The van der Waals surface area contributed by atoms with Gasteiger partial charge in [-0.25, -0.2) is 19.2 Å². The minimum Gasteiger partial charge on any atom is -0.491 e. The van der Waals surface area contributed by atoms with Crippen LogP contribution in [0.3, 0.4) is 0 Å². The molecule has 1 aliphatic heterocycles. The van der Waals surface area contributed by atoms with Crippen molar-refractivity contribution in [3.8, 4) is 5.75 Å². The highest BCUT2D eigenvalue weighted by Crippen LogP contribution is 2.33. The number of aromatic nitrogens is 2. The van der Waals surface area contributed by atoms with Gasteiger partial charge in [0.25, 0.3) is 0 Å². The number of thiazole rings is 2. The lowest BCUT2D eigenvalue weighted by atomic mass is 9.95. The maximum absolute atomic E-state index is 14.4. The van der Waals surface area contributed by atoms with Crippen molar-refractivity contribution >= 4 is 49.1 Å². The molecule has 5 aromatic rings. The van der Waals surface area contributed by atoms with Gasteiger partial charge >= 0.3 is 5.97 Å². The van der Waals surface area contributed by atoms with Gasteiger partial charge in [-0.2, -0.15) is 0 Å². The van der Waals surface area contributed by atoms with Crippen LogP contribution in [0.5, 0.6) is 5.75 Å². The zero-order valence-electron chi connectivity index (χ0n) is 24.1. The summed E-state index contributed by atoms with van der Waals surface area (Å²) in [6, 6.07) is 19.6. The molecule has 3 heterocycles. The number of aryl methyl sites for hydroxylation is 1. The standard InChI is InChI=1S/C33H33FN4O3S2/c1-20(2)22-12-13-27(25(34)17-22)41-16-6-11-29-30(31(39)40)37-33(43-29)38-15-14-21-7-5-8-23(24(21)19-38)18-35-32-36-26-9-3-4-10-28(26)42-32/h3-5,7-10,12-13,17,20H,6,11,14-16,18-19H2,1-2H3,(H,35,36)(H,39,40). The minimum absolute atomic E-state index is 0.0871. The normalized spacial score (nSPS) is 13.0. The number of halogens is 1. The van der Waals surface area contributed by atoms with Gasteiger partial charge in [-0.3, -0.25) is 0 Å². The maximum Gasteiger partial charge on any atom is 0.355 e. The predicted octanol–water partition coefficient (Wildman–Crippen LogP) is 7.90. The molecule has 0 aliphatic carbocycles. The molecule has 6 rings (SSSR count). The molecule has 0 radical (unpaired) electrons. The molecule has 0 bridgehead atoms. The summed E-state index contributed by atoms with van der Waals surface area (Å²) in [7, 11) is 0. The second kappa shape index (κ2) is 12.7. The Morgan fingerprint density at radius 1 is 1.12 bits per heavy atom. The average Bonchev–Trinajstić information content (AvgIpc) is 3.63. The minimum atomic E-state index is -1.04. The van der Waals surface area contributed by atoms with Crippen LogP contribution >= 0.6 is 22.7 Å². The molecule has 0 saturated carbocycles. The lowest BCUT2D eigenvalue weighted by molar-refractivity contribution is 0.0690. The van der Waals surface area contributed by atoms with Crippen LogP contribution in [0.4, 0.5) is 14.7 Å². The number of carboxylic acid groups (broad SMARTS) is 1. The monoisotopic (exact) mass is 616 g/mol. The maximum atomic E-state index is 14.4. The fourth-order valence-electron chi connectivity index (χ4n) is 5.32. The second-order valence-corrected chi connectivity index (χ2v) is 13.0. The van der Waals surface area contributed by atoms with Crippen LogP contribution in [0.25, 0.3) is 10.2 Å². The molecule has 0 amide bonds. The molecule has 0 unspecified atom stereocenters. The molecule has 10 heteroatoms. The molecule has 2 aromatic heterocycles. The van der Waals surface area contributed by atoms with Crippen molar-refractivity contribution in [1.29, 1.82) is 0 Å². The van der Waals surface area contributed by atoms with E-state index in [1.165, 1.54) is 34.1 Å². The fraction of sp³-hybridized carbons (Fsp3) is 0.303. The van der Waals surface area contributed by atoms with E-state index >= 15 is 0 Å². The number of benzene rings is 3. The highest BCUT2D eigenvalue weighted by molar-refractivity contribution is 7.22. The van der Waals surface area contributed by atoms with Gasteiger partial charge in [-0.1, -0.05) is 61.6 Å². The summed E-state index contributed by atoms with van der Waals surface area (Å²) in [4.78, 5) is 24.2. The van der Waals surface area contributed by atoms with Crippen LogP contribution in [-0.4, -0.2) is 34.2 Å². The number of fused-ring (bicyclic) bond motifs is 2. The Bertz CT molecular complexity index is 1730. The zero-order valence-corrected chi connectivity index (χ0v) is 25.7. The molecular formula is C33H33FN4O3S2. The first kappa shape index (κ1) is 29.1. The van der Waals surface area contributed by atoms with E-state index in [4.69, 9.17) is 9.72 Å². The van der Waals surface area contributed by atoms with Gasteiger partial charge in [0.2, 0.25) is 0 Å². The van der Waals surface area contributed by atoms with Crippen molar-refractivity contribution in [3.05, 3.63) is 99.3 Å². The first-order chi connectivity index (χ1) is 20.9. The van der Waals surface area contributed by atoms with E-state index in [0.717, 1.165) is 33.9 Å². The second-order valence-electron chi connectivity index (χ2n) is 10.9. The number of para-hydroxylation sites is 1. The van der Waals surface area contributed by atoms with Crippen molar-refractivity contribution in [2.75, 3.05) is 23.4 Å². The van der Waals surface area contributed by atoms with Gasteiger partial charge in [-0.05, 0) is 71.7 Å². The van der Waals surface area contributed by atoms with Crippen LogP contribution in [0.2, 0.25) is 0 Å². The van der Waals surface area contributed by atoms with Gasteiger partial charge in [0.1, 0.15) is 0 Å². The van der Waals surface area contributed by atoms with Gasteiger partial charge in [0, 0.05) is 24.5 Å². The van der Waals surface area contributed by atoms with E-state index in [9.17, 15) is 14.3 Å². The van der Waals surface area contributed by atoms with Crippen LogP contribution < -0.4 is 15.0 Å². The van der Waals surface area contributed by atoms with Crippen LogP contribution in [0, 0.1) is 5.82 Å². The van der Waals surface area contributed by atoms with Crippen LogP contribution in [0.1, 0.15) is 63.8 Å². The Kier molecular flexibility index (Phi) is 8.58. The van der Waals surface area contributed by atoms with Gasteiger partial charge in [-0.15, -0.1) is 11.3 Å². The summed E-state index contributed by atoms with van der Waals surface area (Å²) >= 11 is 3.07. The third kappa shape index (κ3) is 6.50. The largest absolute Gasteiger partial charge is 0.491 e. The summed E-state index contributed by atoms with van der Waals surface area (Å²) in [6.45, 7) is 6.40. The molecular weight excluding hydrogens is 584 g/mol. The lowest BCUT2D eigenvalue weighted by Gasteiger charge is -2.30. The Labute approximate surface area is 258 Å². The molecule has 1 aliphatic rings. The summed E-state index contributed by atoms with van der Waals surface area (Å²) in [5.74, 6) is -0.961. The number of nitrogens with one attached hydrogen (secondary N) is 1. The van der Waals surface area contributed by atoms with Crippen molar-refractivity contribution in [2.45, 2.75) is 52.1 Å². The Morgan fingerprint density at radius 3 is 2.77 bits per heavy atom. The summed E-state index contributed by atoms with van der Waals surface area (Å²) < 4.78 is 21.3. The van der Waals surface area contributed by atoms with Gasteiger partial charge in [0.05, 0.1) is 16.8 Å². The molecule has 2 N–H and O–H groups in total. The summed E-state index contributed by atoms with van der Waals surface area (Å²) in [5.41, 5.74) is 5.75. The van der Waals surface area contributed by atoms with Crippen molar-refractivity contribution in [2.24, 2.45) is 0 Å². The quantitative estimate of drug-likeness (QED) is 0.146. The first-order valence-corrected chi connectivity index (χ1v) is 16.1. The number of carboxylic acids is 1. The third-order valence-corrected chi connectivity index (χ3v) is 9.85. The molecule has 43 heavy (non-hydrogen) atoms. The van der Waals surface area contributed by atoms with E-state index < -0.39 is 5.97 Å². The Hall–Kier alpha value is -4.02. The van der Waals surface area contributed by atoms with E-state index in [1.54, 1.807) is 17.4 Å². The summed E-state index contributed by atoms with van der Waals surface area (Å²) in [5, 5.41) is 15.0. The first-order valence-electron chi connectivity index (χ1n) is 14.4. The Morgan fingerprint density at radius 2 is 1.98 bits per heavy atom. The molecule has 0 atom stereocenters. The smallest absolute Gasteiger partial charge is 0.355 e. The molecule has 7 nitrogen and oxygen atoms in total. The van der Waals surface area contributed by atoms with Crippen LogP contribution in [-0.2, 0) is 25.9 Å². The van der Waals surface area contributed by atoms with Crippen molar-refractivity contribution in [3.63, 3.8) is 0 Å². The molecule has 0 saturated heterocycles. The van der Waals surface area contributed by atoms with E-state index in [1.807, 2.05) is 38.1 Å². The highest BCUT2D eigenvalue weighted by atomic mass is 32.1. The predicted molar refractivity (Wildman–Crippen MR) is 172 cm³/mol. The molecule has 0 fully saturated rings. The topological polar surface area (TPSA) is 87.6 Å². The average molecular weight is 617 g/mol. The summed E-state index contributed by atoms with van der Waals surface area (Å²) in [6.07, 6.45) is 1.90. The number of hydrogen-bond acceptors (Lipinski definition) is 8. The number of anilines is 2. The van der Waals surface area contributed by atoms with Crippen molar-refractivity contribution < 1.29 is 19.0 Å². The van der Waals surface area contributed by atoms with E-state index in [-0.39, 0.29) is 29.8 Å².